The van der Waals surface area contributed by atoms with Gasteiger partial charge in [-0.05, 0) is 6.92 Å². The summed E-state index contributed by atoms with van der Waals surface area (Å²) in [6, 6.07) is 0. The van der Waals surface area contributed by atoms with Crippen LogP contribution >= 0.6 is 0 Å². The summed E-state index contributed by atoms with van der Waals surface area (Å²) in [5, 5.41) is 6.03. The maximum atomic E-state index is 4.08. The van der Waals surface area contributed by atoms with Crippen LogP contribution in [0.4, 0.5) is 0 Å². The minimum Gasteiger partial charge on any atom is -0.356 e. The lowest BCUT2D eigenvalue weighted by Crippen LogP contribution is -2.33. The van der Waals surface area contributed by atoms with Crippen LogP contribution in [0, 0.1) is 6.92 Å². The number of rotatable bonds is 1. The molecule has 1 rings (SSSR count). The third-order valence-corrected chi connectivity index (χ3v) is 0.967. The van der Waals surface area contributed by atoms with Crippen molar-refractivity contribution >= 4 is 5.96 Å². The molecule has 1 aliphatic rings. The molecule has 1 heterocycles. The van der Waals surface area contributed by atoms with E-state index >= 15 is 0 Å². The Morgan fingerprint density at radius 2 is 2.75 bits per heavy atom. The van der Waals surface area contributed by atoms with Gasteiger partial charge in [-0.3, -0.25) is 4.99 Å². The summed E-state index contributed by atoms with van der Waals surface area (Å²) in [7, 11) is 0. The quantitative estimate of drug-likeness (QED) is 0.474. The fourth-order valence-electron chi connectivity index (χ4n) is 0.635. The highest BCUT2D eigenvalue weighted by Crippen LogP contribution is 1.78. The molecule has 3 nitrogen and oxygen atoms in total. The Morgan fingerprint density at radius 3 is 3.25 bits per heavy atom. The summed E-state index contributed by atoms with van der Waals surface area (Å²) < 4.78 is 0. The zero-order valence-electron chi connectivity index (χ0n) is 4.78. The van der Waals surface area contributed by atoms with Crippen molar-refractivity contribution < 1.29 is 0 Å². The van der Waals surface area contributed by atoms with Gasteiger partial charge < -0.3 is 10.6 Å². The van der Waals surface area contributed by atoms with E-state index in [0.29, 0.717) is 6.54 Å². The molecule has 0 amide bonds. The molecule has 3 heteroatoms. The molecule has 1 aliphatic heterocycles. The van der Waals surface area contributed by atoms with E-state index in [1.54, 1.807) is 0 Å². The normalized spacial score (nSPS) is 17.4. The van der Waals surface area contributed by atoms with Gasteiger partial charge in [0, 0.05) is 13.1 Å². The Morgan fingerprint density at radius 1 is 1.88 bits per heavy atom. The molecule has 0 aromatic carbocycles. The monoisotopic (exact) mass is 112 g/mol. The molecule has 0 fully saturated rings. The van der Waals surface area contributed by atoms with Gasteiger partial charge in [-0.1, -0.05) is 0 Å². The van der Waals surface area contributed by atoms with Gasteiger partial charge in [0.25, 0.3) is 0 Å². The van der Waals surface area contributed by atoms with Crippen LogP contribution in [0.2, 0.25) is 0 Å². The summed E-state index contributed by atoms with van der Waals surface area (Å²) in [5.74, 6) is 0.889. The SMILES string of the molecule is [CH2]CNC1=NCCN1. The molecular weight excluding hydrogens is 102 g/mol. The highest BCUT2D eigenvalue weighted by atomic mass is 15.2. The molecule has 0 atom stereocenters. The van der Waals surface area contributed by atoms with Gasteiger partial charge in [0.2, 0.25) is 0 Å². The Bertz CT molecular complexity index is 97.8. The van der Waals surface area contributed by atoms with E-state index in [4.69, 9.17) is 0 Å². The van der Waals surface area contributed by atoms with Crippen molar-refractivity contribution in [2.24, 2.45) is 4.99 Å². The van der Waals surface area contributed by atoms with Crippen molar-refractivity contribution in [1.29, 1.82) is 0 Å². The predicted molar refractivity (Wildman–Crippen MR) is 33.7 cm³/mol. The molecule has 8 heavy (non-hydrogen) atoms. The van der Waals surface area contributed by atoms with Gasteiger partial charge >= 0.3 is 0 Å². The van der Waals surface area contributed by atoms with Crippen LogP contribution in [0.25, 0.3) is 0 Å². The number of nitrogens with zero attached hydrogens (tertiary/aromatic N) is 1. The van der Waals surface area contributed by atoms with Crippen molar-refractivity contribution in [3.63, 3.8) is 0 Å². The zero-order valence-corrected chi connectivity index (χ0v) is 4.78. The second-order valence-corrected chi connectivity index (χ2v) is 1.58. The minimum absolute atomic E-state index is 0.700. The average molecular weight is 112 g/mol. The first kappa shape index (κ1) is 5.41. The van der Waals surface area contributed by atoms with E-state index in [0.717, 1.165) is 19.0 Å². The largest absolute Gasteiger partial charge is 0.356 e. The molecule has 0 unspecified atom stereocenters. The van der Waals surface area contributed by atoms with Crippen molar-refractivity contribution in [3.8, 4) is 0 Å². The van der Waals surface area contributed by atoms with Crippen LogP contribution in [-0.4, -0.2) is 25.6 Å². The lowest BCUT2D eigenvalue weighted by atomic mass is 10.7. The van der Waals surface area contributed by atoms with Crippen molar-refractivity contribution in [1.82, 2.24) is 10.6 Å². The van der Waals surface area contributed by atoms with Gasteiger partial charge in [0.15, 0.2) is 5.96 Å². The van der Waals surface area contributed by atoms with Crippen LogP contribution in [0.3, 0.4) is 0 Å². The fraction of sp³-hybridized carbons (Fsp3) is 0.600. The topological polar surface area (TPSA) is 36.4 Å². The molecule has 0 aromatic heterocycles. The molecule has 2 N–H and O–H groups in total. The first-order valence-electron chi connectivity index (χ1n) is 2.75. The van der Waals surface area contributed by atoms with Crippen LogP contribution in [0.15, 0.2) is 4.99 Å². The third kappa shape index (κ3) is 1.12. The summed E-state index contributed by atoms with van der Waals surface area (Å²) >= 11 is 0. The van der Waals surface area contributed by atoms with E-state index in [2.05, 4.69) is 22.5 Å². The van der Waals surface area contributed by atoms with Gasteiger partial charge in [0.05, 0.1) is 6.54 Å². The summed E-state index contributed by atoms with van der Waals surface area (Å²) in [6.07, 6.45) is 0. The Labute approximate surface area is 49.2 Å². The average Bonchev–Trinajstić information content (AvgIpc) is 2.19. The highest BCUT2D eigenvalue weighted by Gasteiger charge is 1.99. The van der Waals surface area contributed by atoms with Gasteiger partial charge in [-0.2, -0.15) is 0 Å². The summed E-state index contributed by atoms with van der Waals surface area (Å²) in [6.45, 7) is 6.17. The standard InChI is InChI=1S/C5H10N3/c1-2-6-5-7-3-4-8-5/h1-4H2,(H2,6,7,8). The minimum atomic E-state index is 0.700. The molecule has 1 radical (unpaired) electrons. The van der Waals surface area contributed by atoms with Crippen LogP contribution in [0.1, 0.15) is 0 Å². The molecular formula is C5H10N3. The Kier molecular flexibility index (Phi) is 1.72. The molecule has 0 spiro atoms. The first-order valence-corrected chi connectivity index (χ1v) is 2.75. The number of guanidine groups is 1. The van der Waals surface area contributed by atoms with Gasteiger partial charge in [-0.15, -0.1) is 0 Å². The molecule has 0 saturated heterocycles. The van der Waals surface area contributed by atoms with Crippen molar-refractivity contribution in [2.75, 3.05) is 19.6 Å². The lowest BCUT2D eigenvalue weighted by molar-refractivity contribution is 0.923. The van der Waals surface area contributed by atoms with Crippen molar-refractivity contribution in [2.45, 2.75) is 0 Å². The second kappa shape index (κ2) is 2.55. The molecule has 0 aliphatic carbocycles. The van der Waals surface area contributed by atoms with Crippen LogP contribution in [0.5, 0.6) is 0 Å². The summed E-state index contributed by atoms with van der Waals surface area (Å²) in [5.41, 5.74) is 0. The number of hydrogen-bond donors (Lipinski definition) is 2. The Balaban J connectivity index is 2.23. The maximum absolute atomic E-state index is 4.08. The molecule has 0 saturated carbocycles. The van der Waals surface area contributed by atoms with E-state index in [9.17, 15) is 0 Å². The molecule has 0 aromatic rings. The lowest BCUT2D eigenvalue weighted by Gasteiger charge is -1.99. The fourth-order valence-corrected chi connectivity index (χ4v) is 0.635. The van der Waals surface area contributed by atoms with Gasteiger partial charge in [-0.25, -0.2) is 0 Å². The van der Waals surface area contributed by atoms with E-state index in [-0.39, 0.29) is 0 Å². The van der Waals surface area contributed by atoms with Crippen LogP contribution < -0.4 is 10.6 Å². The Hall–Kier alpha value is -0.730. The number of hydrogen-bond acceptors (Lipinski definition) is 3. The van der Waals surface area contributed by atoms with E-state index < -0.39 is 0 Å². The first-order chi connectivity index (χ1) is 3.93. The van der Waals surface area contributed by atoms with Gasteiger partial charge in [0.1, 0.15) is 0 Å². The van der Waals surface area contributed by atoms with Crippen LogP contribution in [-0.2, 0) is 0 Å². The smallest absolute Gasteiger partial charge is 0.191 e. The van der Waals surface area contributed by atoms with E-state index in [1.807, 2.05) is 0 Å². The summed E-state index contributed by atoms with van der Waals surface area (Å²) in [4.78, 5) is 4.08. The number of nitrogens with one attached hydrogen (secondary N) is 2. The van der Waals surface area contributed by atoms with E-state index in [1.165, 1.54) is 0 Å². The van der Waals surface area contributed by atoms with Crippen molar-refractivity contribution in [3.05, 3.63) is 6.92 Å². The zero-order chi connectivity index (χ0) is 5.82. The highest BCUT2D eigenvalue weighted by molar-refractivity contribution is 5.81. The number of aliphatic imine (C=N–C) groups is 1. The third-order valence-electron chi connectivity index (χ3n) is 0.967. The predicted octanol–water partition coefficient (Wildman–Crippen LogP) is -0.631. The molecule has 0 bridgehead atoms. The molecule has 45 valence electrons. The maximum Gasteiger partial charge on any atom is 0.191 e. The second-order valence-electron chi connectivity index (χ2n) is 1.58.